The van der Waals surface area contributed by atoms with E-state index in [1.54, 1.807) is 48.5 Å². The molecule has 31 heavy (non-hydrogen) atoms. The first-order chi connectivity index (χ1) is 15.0. The minimum atomic E-state index is -0.599. The Morgan fingerprint density at radius 1 is 0.903 bits per heavy atom. The number of carbonyl (C=O) groups excluding carboxylic acids is 1. The monoisotopic (exact) mass is 466 g/mol. The first-order valence-corrected chi connectivity index (χ1v) is 11.2. The molecule has 1 atom stereocenters. The molecule has 1 aliphatic rings. The fourth-order valence-electron chi connectivity index (χ4n) is 3.48. The maximum atomic E-state index is 12.1. The van der Waals surface area contributed by atoms with Crippen molar-refractivity contribution in [2.24, 2.45) is 0 Å². The van der Waals surface area contributed by atoms with Crippen molar-refractivity contribution in [3.05, 3.63) is 58.6 Å². The van der Waals surface area contributed by atoms with Crippen LogP contribution in [0, 0.1) is 0 Å². The lowest BCUT2D eigenvalue weighted by molar-refractivity contribution is -0.124. The van der Waals surface area contributed by atoms with Crippen LogP contribution in [0.5, 0.6) is 11.5 Å². The van der Waals surface area contributed by atoms with E-state index in [0.29, 0.717) is 34.1 Å². The quantitative estimate of drug-likeness (QED) is 0.495. The first kappa shape index (κ1) is 23.7. The standard InChI is InChI=1S/C23H28Cl2N2O4/c24-16-1-9-21(10-2-16)30-14-20(28)13-26-18-5-7-19(8-6-18)27-23(29)15-31-22-11-3-17(25)4-12-22/h1-4,9-12,18-20,26,28H,5-8,13-15H2,(H,27,29)/t18-,19-,20-/m1/s1. The highest BCUT2D eigenvalue weighted by molar-refractivity contribution is 6.30. The number of hydrogen-bond donors (Lipinski definition) is 3. The van der Waals surface area contributed by atoms with Gasteiger partial charge in [0.2, 0.25) is 0 Å². The van der Waals surface area contributed by atoms with Crippen molar-refractivity contribution in [2.45, 2.75) is 43.9 Å². The van der Waals surface area contributed by atoms with Gasteiger partial charge in [-0.15, -0.1) is 0 Å². The second-order valence-corrected chi connectivity index (χ2v) is 8.56. The molecule has 1 saturated carbocycles. The van der Waals surface area contributed by atoms with E-state index >= 15 is 0 Å². The molecule has 2 aromatic rings. The largest absolute Gasteiger partial charge is 0.491 e. The summed E-state index contributed by atoms with van der Waals surface area (Å²) < 4.78 is 11.1. The highest BCUT2D eigenvalue weighted by atomic mass is 35.5. The molecule has 6 nitrogen and oxygen atoms in total. The minimum absolute atomic E-state index is 0.0143. The van der Waals surface area contributed by atoms with Gasteiger partial charge >= 0.3 is 0 Å². The average molecular weight is 467 g/mol. The van der Waals surface area contributed by atoms with Gasteiger partial charge in [-0.2, -0.15) is 0 Å². The number of aliphatic hydroxyl groups is 1. The van der Waals surface area contributed by atoms with Crippen LogP contribution < -0.4 is 20.1 Å². The van der Waals surface area contributed by atoms with Gasteiger partial charge in [0.15, 0.2) is 6.61 Å². The Morgan fingerprint density at radius 2 is 1.42 bits per heavy atom. The number of nitrogens with one attached hydrogen (secondary N) is 2. The van der Waals surface area contributed by atoms with Gasteiger partial charge in [-0.1, -0.05) is 23.2 Å². The molecule has 0 aliphatic heterocycles. The molecule has 0 saturated heterocycles. The number of ether oxygens (including phenoxy) is 2. The molecule has 3 N–H and O–H groups in total. The van der Waals surface area contributed by atoms with Crippen molar-refractivity contribution in [3.8, 4) is 11.5 Å². The SMILES string of the molecule is O=C(COc1ccc(Cl)cc1)N[C@H]1CC[C@H](NC[C@@H](O)COc2ccc(Cl)cc2)CC1. The van der Waals surface area contributed by atoms with Crippen molar-refractivity contribution >= 4 is 29.1 Å². The molecule has 0 heterocycles. The van der Waals surface area contributed by atoms with Crippen molar-refractivity contribution in [3.63, 3.8) is 0 Å². The highest BCUT2D eigenvalue weighted by Gasteiger charge is 2.23. The predicted octanol–water partition coefficient (Wildman–Crippen LogP) is 3.83. The van der Waals surface area contributed by atoms with E-state index in [4.69, 9.17) is 32.7 Å². The first-order valence-electron chi connectivity index (χ1n) is 10.5. The molecule has 2 aromatic carbocycles. The zero-order valence-corrected chi connectivity index (χ0v) is 18.7. The van der Waals surface area contributed by atoms with Crippen LogP contribution in [0.4, 0.5) is 0 Å². The molecule has 0 bridgehead atoms. The molecular formula is C23H28Cl2N2O4. The number of rotatable bonds is 10. The Bertz CT molecular complexity index is 809. The lowest BCUT2D eigenvalue weighted by atomic mass is 9.91. The Kier molecular flexibility index (Phi) is 9.28. The van der Waals surface area contributed by atoms with Gasteiger partial charge < -0.3 is 25.2 Å². The number of aliphatic hydroxyl groups excluding tert-OH is 1. The molecule has 1 amide bonds. The molecule has 1 aliphatic carbocycles. The van der Waals surface area contributed by atoms with Crippen LogP contribution in [0.3, 0.4) is 0 Å². The summed E-state index contributed by atoms with van der Waals surface area (Å²) in [7, 11) is 0. The van der Waals surface area contributed by atoms with Crippen molar-refractivity contribution in [1.82, 2.24) is 10.6 Å². The zero-order valence-electron chi connectivity index (χ0n) is 17.2. The van der Waals surface area contributed by atoms with Crippen molar-refractivity contribution < 1.29 is 19.4 Å². The molecule has 3 rings (SSSR count). The molecule has 0 radical (unpaired) electrons. The molecular weight excluding hydrogens is 439 g/mol. The summed E-state index contributed by atoms with van der Waals surface area (Å²) in [4.78, 5) is 12.1. The molecule has 0 aromatic heterocycles. The third-order valence-corrected chi connectivity index (χ3v) is 5.68. The molecule has 8 heteroatoms. The molecule has 0 unspecified atom stereocenters. The van der Waals surface area contributed by atoms with Crippen LogP contribution >= 0.6 is 23.2 Å². The Labute approximate surface area is 192 Å². The second-order valence-electron chi connectivity index (χ2n) is 7.69. The van der Waals surface area contributed by atoms with Gasteiger partial charge in [-0.25, -0.2) is 0 Å². The van der Waals surface area contributed by atoms with Gasteiger partial charge in [0, 0.05) is 28.7 Å². The van der Waals surface area contributed by atoms with Crippen LogP contribution in [0.2, 0.25) is 10.0 Å². The number of amides is 1. The van der Waals surface area contributed by atoms with E-state index in [9.17, 15) is 9.90 Å². The predicted molar refractivity (Wildman–Crippen MR) is 122 cm³/mol. The topological polar surface area (TPSA) is 79.8 Å². The van der Waals surface area contributed by atoms with Crippen LogP contribution in [-0.2, 0) is 4.79 Å². The lowest BCUT2D eigenvalue weighted by Gasteiger charge is -2.30. The maximum absolute atomic E-state index is 12.1. The van der Waals surface area contributed by atoms with E-state index in [1.165, 1.54) is 0 Å². The van der Waals surface area contributed by atoms with E-state index in [0.717, 1.165) is 25.7 Å². The number of benzene rings is 2. The van der Waals surface area contributed by atoms with Crippen LogP contribution in [0.1, 0.15) is 25.7 Å². The van der Waals surface area contributed by atoms with E-state index in [1.807, 2.05) is 0 Å². The van der Waals surface area contributed by atoms with Gasteiger partial charge in [-0.05, 0) is 74.2 Å². The summed E-state index contributed by atoms with van der Waals surface area (Å²) in [6, 6.07) is 14.5. The summed E-state index contributed by atoms with van der Waals surface area (Å²) in [6.45, 7) is 0.664. The maximum Gasteiger partial charge on any atom is 0.258 e. The Hall–Kier alpha value is -1.99. The summed E-state index contributed by atoms with van der Waals surface area (Å²) in [6.07, 6.45) is 3.06. The smallest absolute Gasteiger partial charge is 0.258 e. The third-order valence-electron chi connectivity index (χ3n) is 5.17. The fraction of sp³-hybridized carbons (Fsp3) is 0.435. The van der Waals surface area contributed by atoms with Gasteiger partial charge in [0.25, 0.3) is 5.91 Å². The molecule has 0 spiro atoms. The third kappa shape index (κ3) is 8.57. The zero-order chi connectivity index (χ0) is 22.1. The molecule has 1 fully saturated rings. The number of carbonyl (C=O) groups is 1. The second kappa shape index (κ2) is 12.2. The number of hydrogen-bond acceptors (Lipinski definition) is 5. The van der Waals surface area contributed by atoms with Gasteiger partial charge in [0.1, 0.15) is 24.2 Å². The van der Waals surface area contributed by atoms with E-state index in [-0.39, 0.29) is 25.2 Å². The summed E-state index contributed by atoms with van der Waals surface area (Å²) >= 11 is 11.7. The Morgan fingerprint density at radius 3 is 2.00 bits per heavy atom. The van der Waals surface area contributed by atoms with E-state index in [2.05, 4.69) is 10.6 Å². The lowest BCUT2D eigenvalue weighted by Crippen LogP contribution is -2.45. The van der Waals surface area contributed by atoms with E-state index < -0.39 is 6.10 Å². The molecule has 168 valence electrons. The highest BCUT2D eigenvalue weighted by Crippen LogP contribution is 2.19. The number of halogens is 2. The average Bonchev–Trinajstić information content (AvgIpc) is 2.78. The summed E-state index contributed by atoms with van der Waals surface area (Å²) in [5.74, 6) is 1.17. The summed E-state index contributed by atoms with van der Waals surface area (Å²) in [5, 5.41) is 17.8. The normalized spacial score (nSPS) is 19.5. The Balaban J connectivity index is 1.27. The van der Waals surface area contributed by atoms with Crippen LogP contribution in [-0.4, -0.2) is 49.0 Å². The van der Waals surface area contributed by atoms with Crippen LogP contribution in [0.15, 0.2) is 48.5 Å². The fourth-order valence-corrected chi connectivity index (χ4v) is 3.73. The van der Waals surface area contributed by atoms with Crippen molar-refractivity contribution in [2.75, 3.05) is 19.8 Å². The minimum Gasteiger partial charge on any atom is -0.491 e. The summed E-state index contributed by atoms with van der Waals surface area (Å²) in [5.41, 5.74) is 0. The van der Waals surface area contributed by atoms with Crippen LogP contribution in [0.25, 0.3) is 0 Å². The van der Waals surface area contributed by atoms with Gasteiger partial charge in [0.05, 0.1) is 0 Å². The van der Waals surface area contributed by atoms with Gasteiger partial charge in [-0.3, -0.25) is 4.79 Å². The van der Waals surface area contributed by atoms with Crippen molar-refractivity contribution in [1.29, 1.82) is 0 Å².